The van der Waals surface area contributed by atoms with Crippen molar-refractivity contribution in [1.82, 2.24) is 4.90 Å². The van der Waals surface area contributed by atoms with Crippen molar-refractivity contribution in [1.29, 1.82) is 0 Å². The lowest BCUT2D eigenvalue weighted by atomic mass is 9.97. The minimum absolute atomic E-state index is 0.293. The van der Waals surface area contributed by atoms with Crippen LogP contribution in [0.5, 0.6) is 0 Å². The van der Waals surface area contributed by atoms with Crippen LogP contribution in [0.3, 0.4) is 0 Å². The second kappa shape index (κ2) is 9.34. The summed E-state index contributed by atoms with van der Waals surface area (Å²) in [6, 6.07) is 0. The van der Waals surface area contributed by atoms with Crippen LogP contribution in [0.15, 0.2) is 0 Å². The van der Waals surface area contributed by atoms with E-state index in [9.17, 15) is 4.79 Å². The third kappa shape index (κ3) is 7.67. The highest BCUT2D eigenvalue weighted by Gasteiger charge is 2.29. The lowest BCUT2D eigenvalue weighted by Gasteiger charge is -2.23. The molecule has 4 nitrogen and oxygen atoms in total. The Labute approximate surface area is 112 Å². The molecule has 0 fully saturated rings. The molecule has 0 aliphatic carbocycles. The highest BCUT2D eigenvalue weighted by molar-refractivity contribution is 5.79. The fourth-order valence-electron chi connectivity index (χ4n) is 1.86. The van der Waals surface area contributed by atoms with Gasteiger partial charge in [-0.2, -0.15) is 0 Å². The first-order valence-electron chi connectivity index (χ1n) is 7.08. The maximum atomic E-state index is 11.6. The normalized spacial score (nSPS) is 14.6. The van der Waals surface area contributed by atoms with Crippen molar-refractivity contribution < 1.29 is 9.53 Å². The molecule has 18 heavy (non-hydrogen) atoms. The summed E-state index contributed by atoms with van der Waals surface area (Å²) in [7, 11) is 2.12. The van der Waals surface area contributed by atoms with Gasteiger partial charge in [-0.3, -0.25) is 4.79 Å². The fourth-order valence-corrected chi connectivity index (χ4v) is 1.86. The van der Waals surface area contributed by atoms with Gasteiger partial charge in [0.25, 0.3) is 0 Å². The second-order valence-corrected chi connectivity index (χ2v) is 5.25. The maximum absolute atomic E-state index is 11.6. The molecule has 1 unspecified atom stereocenters. The van der Waals surface area contributed by atoms with Crippen LogP contribution >= 0.6 is 0 Å². The van der Waals surface area contributed by atoms with E-state index in [2.05, 4.69) is 18.9 Å². The number of unbranched alkanes of at least 4 members (excludes halogenated alkanes) is 2. The molecule has 0 heterocycles. The number of nitrogens with zero attached hydrogens (tertiary/aromatic N) is 1. The van der Waals surface area contributed by atoms with E-state index in [4.69, 9.17) is 10.5 Å². The molecule has 0 bridgehead atoms. The van der Waals surface area contributed by atoms with Crippen LogP contribution in [0, 0.1) is 0 Å². The number of nitrogens with two attached hydrogens (primary N) is 1. The Morgan fingerprint density at radius 2 is 1.83 bits per heavy atom. The van der Waals surface area contributed by atoms with Gasteiger partial charge in [-0.1, -0.05) is 19.8 Å². The van der Waals surface area contributed by atoms with Crippen molar-refractivity contribution in [3.8, 4) is 0 Å². The third-order valence-corrected chi connectivity index (χ3v) is 3.12. The summed E-state index contributed by atoms with van der Waals surface area (Å²) in [5.74, 6) is -0.293. The van der Waals surface area contributed by atoms with Crippen molar-refractivity contribution >= 4 is 5.97 Å². The van der Waals surface area contributed by atoms with Gasteiger partial charge in [0.15, 0.2) is 0 Å². The van der Waals surface area contributed by atoms with Gasteiger partial charge < -0.3 is 15.4 Å². The first-order valence-corrected chi connectivity index (χ1v) is 7.08. The minimum atomic E-state index is -0.847. The molecule has 0 aliphatic rings. The molecule has 0 spiro atoms. The Morgan fingerprint density at radius 3 is 2.39 bits per heavy atom. The predicted octanol–water partition coefficient (Wildman–Crippen LogP) is 2.17. The molecule has 0 amide bonds. The van der Waals surface area contributed by atoms with Gasteiger partial charge in [-0.15, -0.1) is 0 Å². The second-order valence-electron chi connectivity index (χ2n) is 5.25. The number of hydrogen-bond acceptors (Lipinski definition) is 4. The lowest BCUT2D eigenvalue weighted by Crippen LogP contribution is -2.46. The summed E-state index contributed by atoms with van der Waals surface area (Å²) >= 11 is 0. The van der Waals surface area contributed by atoms with E-state index >= 15 is 0 Å². The number of carbonyl (C=O) groups is 1. The standard InChI is InChI=1S/C14H30N2O2/c1-5-7-8-11-16(4)12-9-10-14(3,15)13(17)18-6-2/h5-12,15H2,1-4H3. The summed E-state index contributed by atoms with van der Waals surface area (Å²) < 4.78 is 4.97. The Morgan fingerprint density at radius 1 is 1.22 bits per heavy atom. The van der Waals surface area contributed by atoms with Crippen LogP contribution in [0.1, 0.15) is 52.9 Å². The average molecular weight is 258 g/mol. The van der Waals surface area contributed by atoms with Crippen molar-refractivity contribution in [2.45, 2.75) is 58.4 Å². The van der Waals surface area contributed by atoms with E-state index in [0.29, 0.717) is 13.0 Å². The molecule has 0 saturated carbocycles. The van der Waals surface area contributed by atoms with Gasteiger partial charge in [-0.05, 0) is 53.2 Å². The van der Waals surface area contributed by atoms with Crippen molar-refractivity contribution in [3.63, 3.8) is 0 Å². The summed E-state index contributed by atoms with van der Waals surface area (Å²) in [4.78, 5) is 13.9. The SMILES string of the molecule is CCCCCN(C)CCCC(C)(N)C(=O)OCC. The molecule has 0 aromatic carbocycles. The highest BCUT2D eigenvalue weighted by Crippen LogP contribution is 2.11. The predicted molar refractivity (Wildman–Crippen MR) is 75.5 cm³/mol. The lowest BCUT2D eigenvalue weighted by molar-refractivity contribution is -0.149. The Kier molecular flexibility index (Phi) is 9.02. The fraction of sp³-hybridized carbons (Fsp3) is 0.929. The number of carbonyl (C=O) groups excluding carboxylic acids is 1. The molecule has 2 N–H and O–H groups in total. The van der Waals surface area contributed by atoms with Crippen molar-refractivity contribution in [2.75, 3.05) is 26.7 Å². The van der Waals surface area contributed by atoms with Crippen LogP contribution in [-0.2, 0) is 9.53 Å². The summed E-state index contributed by atoms with van der Waals surface area (Å²) in [5.41, 5.74) is 5.11. The molecule has 108 valence electrons. The van der Waals surface area contributed by atoms with E-state index in [1.165, 1.54) is 19.3 Å². The van der Waals surface area contributed by atoms with Crippen LogP contribution in [0.2, 0.25) is 0 Å². The summed E-state index contributed by atoms with van der Waals surface area (Å²) in [6.07, 6.45) is 5.36. The number of esters is 1. The molecule has 1 atom stereocenters. The van der Waals surface area contributed by atoms with Gasteiger partial charge in [0, 0.05) is 0 Å². The van der Waals surface area contributed by atoms with Gasteiger partial charge in [0.1, 0.15) is 5.54 Å². The molecule has 0 aromatic rings. The third-order valence-electron chi connectivity index (χ3n) is 3.12. The number of ether oxygens (including phenoxy) is 1. The van der Waals surface area contributed by atoms with E-state index in [1.54, 1.807) is 13.8 Å². The van der Waals surface area contributed by atoms with Gasteiger partial charge in [0.2, 0.25) is 0 Å². The molecular weight excluding hydrogens is 228 g/mol. The van der Waals surface area contributed by atoms with Crippen LogP contribution < -0.4 is 5.73 Å². The zero-order valence-electron chi connectivity index (χ0n) is 12.5. The van der Waals surface area contributed by atoms with Gasteiger partial charge in [-0.25, -0.2) is 0 Å². The van der Waals surface area contributed by atoms with E-state index in [1.807, 2.05) is 0 Å². The quantitative estimate of drug-likeness (QED) is 0.482. The van der Waals surface area contributed by atoms with E-state index in [0.717, 1.165) is 19.5 Å². The largest absolute Gasteiger partial charge is 0.465 e. The zero-order valence-corrected chi connectivity index (χ0v) is 12.5. The van der Waals surface area contributed by atoms with Crippen molar-refractivity contribution in [2.24, 2.45) is 5.73 Å². The van der Waals surface area contributed by atoms with Gasteiger partial charge in [0.05, 0.1) is 6.61 Å². The monoisotopic (exact) mass is 258 g/mol. The molecular formula is C14H30N2O2. The molecule has 0 aliphatic heterocycles. The van der Waals surface area contributed by atoms with E-state index in [-0.39, 0.29) is 5.97 Å². The maximum Gasteiger partial charge on any atom is 0.325 e. The first-order chi connectivity index (χ1) is 8.44. The molecule has 4 heteroatoms. The highest BCUT2D eigenvalue weighted by atomic mass is 16.5. The summed E-state index contributed by atoms with van der Waals surface area (Å²) in [5, 5.41) is 0. The van der Waals surface area contributed by atoms with Gasteiger partial charge >= 0.3 is 5.97 Å². The zero-order chi connectivity index (χ0) is 14.0. The number of hydrogen-bond donors (Lipinski definition) is 1. The topological polar surface area (TPSA) is 55.6 Å². The number of rotatable bonds is 10. The van der Waals surface area contributed by atoms with Crippen LogP contribution in [-0.4, -0.2) is 43.2 Å². The molecule has 0 radical (unpaired) electrons. The molecule has 0 aromatic heterocycles. The smallest absolute Gasteiger partial charge is 0.325 e. The average Bonchev–Trinajstić information content (AvgIpc) is 2.29. The summed E-state index contributed by atoms with van der Waals surface area (Å²) in [6.45, 7) is 8.25. The van der Waals surface area contributed by atoms with Crippen LogP contribution in [0.25, 0.3) is 0 Å². The van der Waals surface area contributed by atoms with Crippen molar-refractivity contribution in [3.05, 3.63) is 0 Å². The molecule has 0 saturated heterocycles. The van der Waals surface area contributed by atoms with Crippen LogP contribution in [0.4, 0.5) is 0 Å². The Balaban J connectivity index is 3.77. The first kappa shape index (κ1) is 17.4. The Hall–Kier alpha value is -0.610. The van der Waals surface area contributed by atoms with E-state index < -0.39 is 5.54 Å². The minimum Gasteiger partial charge on any atom is -0.465 e. The Bertz CT molecular complexity index is 230. The molecule has 0 rings (SSSR count).